The first-order valence-corrected chi connectivity index (χ1v) is 5.81. The fraction of sp³-hybridized carbons (Fsp3) is 0.778. The van der Waals surface area contributed by atoms with E-state index in [4.69, 9.17) is 5.73 Å². The van der Waals surface area contributed by atoms with Crippen LogP contribution in [0.2, 0.25) is 0 Å². The van der Waals surface area contributed by atoms with E-state index < -0.39 is 0 Å². The SMILES string of the molecule is CCc1nsc(NCCCC(C)N)n1. The van der Waals surface area contributed by atoms with Crippen molar-refractivity contribution >= 4 is 16.7 Å². The van der Waals surface area contributed by atoms with E-state index >= 15 is 0 Å². The molecule has 1 heterocycles. The van der Waals surface area contributed by atoms with Gasteiger partial charge in [-0.25, -0.2) is 4.98 Å². The minimum atomic E-state index is 0.289. The molecule has 1 aromatic heterocycles. The molecule has 0 bridgehead atoms. The smallest absolute Gasteiger partial charge is 0.202 e. The number of hydrogen-bond acceptors (Lipinski definition) is 5. The maximum atomic E-state index is 5.64. The molecule has 3 N–H and O–H groups in total. The van der Waals surface area contributed by atoms with Gasteiger partial charge in [-0.3, -0.25) is 0 Å². The Balaban J connectivity index is 2.18. The van der Waals surface area contributed by atoms with Crippen LogP contribution in [0.5, 0.6) is 0 Å². The van der Waals surface area contributed by atoms with Crippen LogP contribution in [0.25, 0.3) is 0 Å². The normalized spacial score (nSPS) is 12.8. The minimum Gasteiger partial charge on any atom is -0.360 e. The van der Waals surface area contributed by atoms with Gasteiger partial charge >= 0.3 is 0 Å². The quantitative estimate of drug-likeness (QED) is 0.707. The molecular formula is C9H18N4S. The van der Waals surface area contributed by atoms with Gasteiger partial charge in [0.15, 0.2) is 0 Å². The van der Waals surface area contributed by atoms with Gasteiger partial charge < -0.3 is 11.1 Å². The molecule has 1 rings (SSSR count). The third kappa shape index (κ3) is 4.02. The van der Waals surface area contributed by atoms with Gasteiger partial charge in [0.1, 0.15) is 5.82 Å². The second kappa shape index (κ2) is 5.93. The van der Waals surface area contributed by atoms with Crippen LogP contribution in [0, 0.1) is 0 Å². The lowest BCUT2D eigenvalue weighted by atomic mass is 10.2. The van der Waals surface area contributed by atoms with Gasteiger partial charge in [-0.1, -0.05) is 6.92 Å². The van der Waals surface area contributed by atoms with Crippen LogP contribution >= 0.6 is 11.5 Å². The number of hydrogen-bond donors (Lipinski definition) is 2. The number of nitrogens with zero attached hydrogens (tertiary/aromatic N) is 2. The molecule has 0 saturated carbocycles. The molecule has 5 heteroatoms. The number of aromatic nitrogens is 2. The lowest BCUT2D eigenvalue weighted by Gasteiger charge is -2.04. The van der Waals surface area contributed by atoms with Crippen LogP contribution in [-0.4, -0.2) is 21.9 Å². The second-order valence-electron chi connectivity index (χ2n) is 3.42. The van der Waals surface area contributed by atoms with Crippen molar-refractivity contribution in [2.75, 3.05) is 11.9 Å². The zero-order valence-corrected chi connectivity index (χ0v) is 9.60. The van der Waals surface area contributed by atoms with Gasteiger partial charge in [0.05, 0.1) is 0 Å². The molecule has 0 fully saturated rings. The number of nitrogens with one attached hydrogen (secondary N) is 1. The fourth-order valence-corrected chi connectivity index (χ4v) is 1.76. The van der Waals surface area contributed by atoms with E-state index in [0.29, 0.717) is 0 Å². The lowest BCUT2D eigenvalue weighted by Crippen LogP contribution is -2.16. The maximum absolute atomic E-state index is 5.64. The topological polar surface area (TPSA) is 63.8 Å². The van der Waals surface area contributed by atoms with Crippen molar-refractivity contribution in [3.63, 3.8) is 0 Å². The standard InChI is InChI=1S/C9H18N4S/c1-3-8-12-9(14-13-8)11-6-4-5-7(2)10/h7H,3-6,10H2,1-2H3,(H,11,12,13). The Morgan fingerprint density at radius 1 is 1.57 bits per heavy atom. The highest BCUT2D eigenvalue weighted by atomic mass is 32.1. The molecule has 0 saturated heterocycles. The summed E-state index contributed by atoms with van der Waals surface area (Å²) >= 11 is 1.43. The molecule has 0 aliphatic heterocycles. The van der Waals surface area contributed by atoms with Gasteiger partial charge in [0.25, 0.3) is 0 Å². The van der Waals surface area contributed by atoms with Crippen molar-refractivity contribution in [2.24, 2.45) is 5.73 Å². The van der Waals surface area contributed by atoms with Crippen LogP contribution in [-0.2, 0) is 6.42 Å². The van der Waals surface area contributed by atoms with Gasteiger partial charge in [0.2, 0.25) is 5.13 Å². The van der Waals surface area contributed by atoms with Gasteiger partial charge in [0, 0.05) is 30.5 Å². The molecule has 1 atom stereocenters. The van der Waals surface area contributed by atoms with E-state index in [-0.39, 0.29) is 6.04 Å². The number of anilines is 1. The highest BCUT2D eigenvalue weighted by Gasteiger charge is 2.00. The van der Waals surface area contributed by atoms with Crippen molar-refractivity contribution in [1.29, 1.82) is 0 Å². The van der Waals surface area contributed by atoms with E-state index in [1.54, 1.807) is 0 Å². The van der Waals surface area contributed by atoms with Gasteiger partial charge in [-0.05, 0) is 19.8 Å². The van der Waals surface area contributed by atoms with E-state index in [1.807, 2.05) is 6.92 Å². The van der Waals surface area contributed by atoms with E-state index in [0.717, 1.165) is 36.8 Å². The molecule has 0 spiro atoms. The largest absolute Gasteiger partial charge is 0.360 e. The minimum absolute atomic E-state index is 0.289. The maximum Gasteiger partial charge on any atom is 0.202 e. The zero-order valence-electron chi connectivity index (χ0n) is 8.79. The molecule has 1 aromatic rings. The monoisotopic (exact) mass is 214 g/mol. The third-order valence-corrected chi connectivity index (χ3v) is 2.61. The van der Waals surface area contributed by atoms with E-state index in [2.05, 4.69) is 21.6 Å². The van der Waals surface area contributed by atoms with Crippen LogP contribution in [0.3, 0.4) is 0 Å². The summed E-state index contributed by atoms with van der Waals surface area (Å²) in [5.74, 6) is 0.921. The molecule has 4 nitrogen and oxygen atoms in total. The fourth-order valence-electron chi connectivity index (χ4n) is 1.09. The summed E-state index contributed by atoms with van der Waals surface area (Å²) in [6.07, 6.45) is 3.03. The van der Waals surface area contributed by atoms with E-state index in [1.165, 1.54) is 11.5 Å². The molecular weight excluding hydrogens is 196 g/mol. The summed E-state index contributed by atoms with van der Waals surface area (Å²) in [4.78, 5) is 4.31. The highest BCUT2D eigenvalue weighted by molar-refractivity contribution is 7.09. The van der Waals surface area contributed by atoms with Gasteiger partial charge in [-0.2, -0.15) is 4.37 Å². The second-order valence-corrected chi connectivity index (χ2v) is 4.17. The van der Waals surface area contributed by atoms with E-state index in [9.17, 15) is 0 Å². The Hall–Kier alpha value is -0.680. The highest BCUT2D eigenvalue weighted by Crippen LogP contribution is 2.11. The van der Waals surface area contributed by atoms with Crippen LogP contribution in [0.15, 0.2) is 0 Å². The summed E-state index contributed by atoms with van der Waals surface area (Å²) < 4.78 is 4.19. The molecule has 0 aromatic carbocycles. The van der Waals surface area contributed by atoms with Crippen molar-refractivity contribution in [2.45, 2.75) is 39.2 Å². The molecule has 0 amide bonds. The summed E-state index contributed by atoms with van der Waals surface area (Å²) in [5, 5.41) is 4.17. The van der Waals surface area contributed by atoms with Crippen LogP contribution < -0.4 is 11.1 Å². The molecule has 0 aliphatic rings. The number of aryl methyl sites for hydroxylation is 1. The molecule has 80 valence electrons. The Morgan fingerprint density at radius 2 is 2.36 bits per heavy atom. The Kier molecular flexibility index (Phi) is 4.82. The average molecular weight is 214 g/mol. The molecule has 0 aliphatic carbocycles. The zero-order chi connectivity index (χ0) is 10.4. The lowest BCUT2D eigenvalue weighted by molar-refractivity contribution is 0.639. The van der Waals surface area contributed by atoms with Crippen molar-refractivity contribution in [3.05, 3.63) is 5.82 Å². The summed E-state index contributed by atoms with van der Waals surface area (Å²) in [6.45, 7) is 5.02. The first-order valence-electron chi connectivity index (χ1n) is 5.04. The molecule has 0 radical (unpaired) electrons. The van der Waals surface area contributed by atoms with Crippen LogP contribution in [0.1, 0.15) is 32.5 Å². The Bertz CT molecular complexity index is 259. The van der Waals surface area contributed by atoms with Gasteiger partial charge in [-0.15, -0.1) is 0 Å². The average Bonchev–Trinajstić information content (AvgIpc) is 2.60. The van der Waals surface area contributed by atoms with Crippen molar-refractivity contribution < 1.29 is 0 Å². The number of nitrogens with two attached hydrogens (primary N) is 1. The predicted molar refractivity (Wildman–Crippen MR) is 60.7 cm³/mol. The predicted octanol–water partition coefficient (Wildman–Crippen LogP) is 1.64. The van der Waals surface area contributed by atoms with Crippen molar-refractivity contribution in [3.8, 4) is 0 Å². The molecule has 14 heavy (non-hydrogen) atoms. The first kappa shape index (κ1) is 11.4. The number of rotatable bonds is 6. The summed E-state index contributed by atoms with van der Waals surface area (Å²) in [7, 11) is 0. The van der Waals surface area contributed by atoms with Crippen molar-refractivity contribution in [1.82, 2.24) is 9.36 Å². The third-order valence-electron chi connectivity index (χ3n) is 1.90. The Labute approximate surface area is 89.1 Å². The summed E-state index contributed by atoms with van der Waals surface area (Å²) in [5.41, 5.74) is 5.64. The summed E-state index contributed by atoms with van der Waals surface area (Å²) in [6, 6.07) is 0.289. The van der Waals surface area contributed by atoms with Crippen LogP contribution in [0.4, 0.5) is 5.13 Å². The molecule has 1 unspecified atom stereocenters. The first-order chi connectivity index (χ1) is 6.72. The Morgan fingerprint density at radius 3 is 2.93 bits per heavy atom.